The maximum atomic E-state index is 13.3. The third kappa shape index (κ3) is 5.99. The van der Waals surface area contributed by atoms with Gasteiger partial charge in [0.2, 0.25) is 15.9 Å². The summed E-state index contributed by atoms with van der Waals surface area (Å²) < 4.78 is 50.6. The van der Waals surface area contributed by atoms with Crippen LogP contribution < -0.4 is 10.1 Å². The molecule has 0 unspecified atom stereocenters. The van der Waals surface area contributed by atoms with E-state index in [1.54, 1.807) is 29.6 Å². The van der Waals surface area contributed by atoms with Crippen LogP contribution in [0.4, 0.5) is 9.39 Å². The largest absolute Gasteiger partial charge is 0.497 e. The Balaban J connectivity index is 1.39. The highest BCUT2D eigenvalue weighted by Crippen LogP contribution is 2.36. The average molecular weight is 548 g/mol. The molecule has 1 aromatic heterocycles. The topological polar surface area (TPSA) is 105 Å². The Hall–Kier alpha value is -3.32. The van der Waals surface area contributed by atoms with Gasteiger partial charge in [-0.15, -0.1) is 11.3 Å². The molecule has 2 aromatic carbocycles. The van der Waals surface area contributed by atoms with Gasteiger partial charge in [0.25, 0.3) is 0 Å². The predicted octanol–water partition coefficient (Wildman–Crippen LogP) is 3.29. The number of halogens is 1. The quantitative estimate of drug-likeness (QED) is 0.432. The van der Waals surface area contributed by atoms with E-state index in [9.17, 15) is 22.4 Å². The van der Waals surface area contributed by atoms with Gasteiger partial charge in [0.05, 0.1) is 25.7 Å². The third-order valence-electron chi connectivity index (χ3n) is 5.98. The van der Waals surface area contributed by atoms with E-state index < -0.39 is 21.8 Å². The zero-order chi connectivity index (χ0) is 26.6. The summed E-state index contributed by atoms with van der Waals surface area (Å²) in [7, 11) is -0.893. The molecule has 37 heavy (non-hydrogen) atoms. The number of benzene rings is 2. The van der Waals surface area contributed by atoms with Gasteiger partial charge in [-0.3, -0.25) is 9.69 Å². The Bertz CT molecular complexity index is 1370. The first-order valence-corrected chi connectivity index (χ1v) is 13.7. The standard InChI is InChI=1S/C25H26FN3O6S2/c1-34-19-7-9-20(10-8-19)37(32,33)29-13-11-28(12-14-29)15-22(30)27-24-23(25(31)35-2)21(16-36-24)17-3-5-18(26)6-4-17/h3-10,16H,11-15H2,1-2H3,(H,27,30). The van der Waals surface area contributed by atoms with Gasteiger partial charge < -0.3 is 14.8 Å². The van der Waals surface area contributed by atoms with Crippen molar-refractivity contribution >= 4 is 38.2 Å². The Kier molecular flexibility index (Phi) is 8.22. The lowest BCUT2D eigenvalue weighted by atomic mass is 10.0. The van der Waals surface area contributed by atoms with Crippen LogP contribution in [0.1, 0.15) is 10.4 Å². The van der Waals surface area contributed by atoms with Crippen molar-refractivity contribution in [3.8, 4) is 16.9 Å². The number of carbonyl (C=O) groups excluding carboxylic acids is 2. The van der Waals surface area contributed by atoms with E-state index in [4.69, 9.17) is 9.47 Å². The number of amides is 1. The van der Waals surface area contributed by atoms with Crippen molar-refractivity contribution in [3.05, 3.63) is 65.3 Å². The zero-order valence-corrected chi connectivity index (χ0v) is 21.9. The lowest BCUT2D eigenvalue weighted by molar-refractivity contribution is -0.117. The molecule has 0 radical (unpaired) electrons. The van der Waals surface area contributed by atoms with Gasteiger partial charge in [0, 0.05) is 37.1 Å². The molecule has 3 aromatic rings. The molecule has 0 atom stereocenters. The van der Waals surface area contributed by atoms with Crippen LogP contribution in [0.25, 0.3) is 11.1 Å². The number of nitrogens with zero attached hydrogens (tertiary/aromatic N) is 2. The van der Waals surface area contributed by atoms with E-state index in [1.165, 1.54) is 54.1 Å². The molecular weight excluding hydrogens is 521 g/mol. The van der Waals surface area contributed by atoms with Crippen LogP contribution in [0.15, 0.2) is 58.8 Å². The van der Waals surface area contributed by atoms with E-state index >= 15 is 0 Å². The summed E-state index contributed by atoms with van der Waals surface area (Å²) in [5.41, 5.74) is 1.35. The van der Waals surface area contributed by atoms with Gasteiger partial charge in [-0.25, -0.2) is 17.6 Å². The van der Waals surface area contributed by atoms with Gasteiger partial charge in [-0.05, 0) is 42.0 Å². The minimum atomic E-state index is -3.65. The number of hydrogen-bond acceptors (Lipinski definition) is 8. The summed E-state index contributed by atoms with van der Waals surface area (Å²) in [6.45, 7) is 1.25. The summed E-state index contributed by atoms with van der Waals surface area (Å²) in [5, 5.41) is 4.81. The maximum absolute atomic E-state index is 13.3. The van der Waals surface area contributed by atoms with E-state index in [2.05, 4.69) is 5.32 Å². The van der Waals surface area contributed by atoms with Gasteiger partial charge in [-0.1, -0.05) is 12.1 Å². The van der Waals surface area contributed by atoms with Crippen molar-refractivity contribution < 1.29 is 31.9 Å². The number of methoxy groups -OCH3 is 2. The summed E-state index contributed by atoms with van der Waals surface area (Å²) >= 11 is 1.17. The highest BCUT2D eigenvalue weighted by atomic mass is 32.2. The summed E-state index contributed by atoms with van der Waals surface area (Å²) in [5.74, 6) is -0.790. The highest BCUT2D eigenvalue weighted by Gasteiger charge is 2.29. The molecular formula is C25H26FN3O6S2. The molecule has 1 fully saturated rings. The van der Waals surface area contributed by atoms with Gasteiger partial charge in [0.1, 0.15) is 22.1 Å². The van der Waals surface area contributed by atoms with Crippen molar-refractivity contribution in [2.45, 2.75) is 4.90 Å². The normalized spacial score (nSPS) is 14.8. The van der Waals surface area contributed by atoms with E-state index in [0.717, 1.165) is 0 Å². The van der Waals surface area contributed by atoms with Crippen LogP contribution in [0.3, 0.4) is 0 Å². The zero-order valence-electron chi connectivity index (χ0n) is 20.3. The van der Waals surface area contributed by atoms with Crippen molar-refractivity contribution in [1.82, 2.24) is 9.21 Å². The second-order valence-electron chi connectivity index (χ2n) is 8.26. The summed E-state index contributed by atoms with van der Waals surface area (Å²) in [6, 6.07) is 11.9. The molecule has 4 rings (SSSR count). The summed E-state index contributed by atoms with van der Waals surface area (Å²) in [6.07, 6.45) is 0. The smallest absolute Gasteiger partial charge is 0.341 e. The number of rotatable bonds is 8. The van der Waals surface area contributed by atoms with E-state index in [-0.39, 0.29) is 36.0 Å². The van der Waals surface area contributed by atoms with Gasteiger partial charge in [-0.2, -0.15) is 4.31 Å². The van der Waals surface area contributed by atoms with Crippen LogP contribution in [0.5, 0.6) is 5.75 Å². The molecule has 9 nitrogen and oxygen atoms in total. The van der Waals surface area contributed by atoms with Crippen LogP contribution in [-0.4, -0.2) is 76.4 Å². The lowest BCUT2D eigenvalue weighted by Gasteiger charge is -2.33. The maximum Gasteiger partial charge on any atom is 0.341 e. The van der Waals surface area contributed by atoms with Crippen molar-refractivity contribution in [2.24, 2.45) is 0 Å². The molecule has 0 spiro atoms. The Morgan fingerprint density at radius 2 is 1.65 bits per heavy atom. The van der Waals surface area contributed by atoms with Crippen LogP contribution in [0.2, 0.25) is 0 Å². The first-order chi connectivity index (χ1) is 17.7. The Morgan fingerprint density at radius 3 is 2.24 bits per heavy atom. The Morgan fingerprint density at radius 1 is 1.00 bits per heavy atom. The Labute approximate surface area is 218 Å². The number of sulfonamides is 1. The first kappa shape index (κ1) is 26.7. The number of piperazine rings is 1. The van der Waals surface area contributed by atoms with Crippen molar-refractivity contribution in [1.29, 1.82) is 0 Å². The number of hydrogen-bond donors (Lipinski definition) is 1. The molecule has 1 saturated heterocycles. The molecule has 0 bridgehead atoms. The molecule has 1 aliphatic rings. The number of nitrogens with one attached hydrogen (secondary N) is 1. The fourth-order valence-corrected chi connectivity index (χ4v) is 6.39. The number of anilines is 1. The minimum Gasteiger partial charge on any atom is -0.497 e. The number of carbonyl (C=O) groups is 2. The van der Waals surface area contributed by atoms with E-state index in [1.807, 2.05) is 4.90 Å². The van der Waals surface area contributed by atoms with Gasteiger partial charge >= 0.3 is 5.97 Å². The number of ether oxygens (including phenoxy) is 2. The predicted molar refractivity (Wildman–Crippen MR) is 138 cm³/mol. The second-order valence-corrected chi connectivity index (χ2v) is 11.1. The lowest BCUT2D eigenvalue weighted by Crippen LogP contribution is -2.50. The molecule has 2 heterocycles. The fraction of sp³-hybridized carbons (Fsp3) is 0.280. The number of thiophene rings is 1. The molecule has 12 heteroatoms. The highest BCUT2D eigenvalue weighted by molar-refractivity contribution is 7.89. The molecule has 196 valence electrons. The SMILES string of the molecule is COC(=O)c1c(-c2ccc(F)cc2)csc1NC(=O)CN1CCN(S(=O)(=O)c2ccc(OC)cc2)CC1. The van der Waals surface area contributed by atoms with Crippen LogP contribution >= 0.6 is 11.3 Å². The van der Waals surface area contributed by atoms with E-state index in [0.29, 0.717) is 35.0 Å². The van der Waals surface area contributed by atoms with Crippen molar-refractivity contribution in [3.63, 3.8) is 0 Å². The molecule has 1 N–H and O–H groups in total. The second kappa shape index (κ2) is 11.4. The molecule has 1 aliphatic heterocycles. The van der Waals surface area contributed by atoms with Crippen LogP contribution in [0, 0.1) is 5.82 Å². The minimum absolute atomic E-state index is 0.0286. The van der Waals surface area contributed by atoms with Gasteiger partial charge in [0.15, 0.2) is 0 Å². The molecule has 0 saturated carbocycles. The average Bonchev–Trinajstić information content (AvgIpc) is 3.32. The van der Waals surface area contributed by atoms with Crippen molar-refractivity contribution in [2.75, 3.05) is 52.3 Å². The molecule has 0 aliphatic carbocycles. The van der Waals surface area contributed by atoms with Crippen LogP contribution in [-0.2, 0) is 19.6 Å². The fourth-order valence-electron chi connectivity index (χ4n) is 3.99. The third-order valence-corrected chi connectivity index (χ3v) is 8.79. The summed E-state index contributed by atoms with van der Waals surface area (Å²) in [4.78, 5) is 27.3. The first-order valence-electron chi connectivity index (χ1n) is 11.3. The number of esters is 1. The monoisotopic (exact) mass is 547 g/mol. The molecule has 1 amide bonds.